The van der Waals surface area contributed by atoms with Crippen molar-refractivity contribution in [1.82, 2.24) is 15.2 Å². The Balaban J connectivity index is 1.82. The van der Waals surface area contributed by atoms with Crippen LogP contribution in [0.1, 0.15) is 29.2 Å². The van der Waals surface area contributed by atoms with Crippen LogP contribution in [0.15, 0.2) is 48.7 Å². The highest BCUT2D eigenvalue weighted by atomic mass is 35.5. The first kappa shape index (κ1) is 27.4. The molecule has 0 bridgehead atoms. The highest BCUT2D eigenvalue weighted by Gasteiger charge is 2.39. The molecule has 3 aromatic rings. The minimum atomic E-state index is -5.17. The maximum atomic E-state index is 13.2. The Labute approximate surface area is 210 Å². The average Bonchev–Trinajstić information content (AvgIpc) is 2.82. The predicted molar refractivity (Wildman–Crippen MR) is 120 cm³/mol. The van der Waals surface area contributed by atoms with Crippen molar-refractivity contribution in [2.45, 2.75) is 24.9 Å². The molecular formula is C23H14ClF6N5O2. The highest BCUT2D eigenvalue weighted by molar-refractivity contribution is 6.29. The standard InChI is InChI=1S/C23H14ClF6N5O2/c24-18-11-17(32-22(37)23(28,29)30)16(34-35-18)6-1-12-7-8-31-20(9-12)33-21(36)15(10-19(26)27)13-2-4-14(25)5-3-13/h2-5,7-9,11,15,19H,10H2,(H,31,33,36)(H,32,35,37)/t15-/m1/s1. The van der Waals surface area contributed by atoms with Crippen LogP contribution in [0, 0.1) is 17.7 Å². The summed E-state index contributed by atoms with van der Waals surface area (Å²) in [5, 5.41) is 10.7. The van der Waals surface area contributed by atoms with Gasteiger partial charge in [0.05, 0.1) is 11.6 Å². The number of nitrogens with zero attached hydrogens (tertiary/aromatic N) is 3. The molecule has 0 saturated heterocycles. The Hall–Kier alpha value is -4.18. The van der Waals surface area contributed by atoms with Gasteiger partial charge in [0.15, 0.2) is 10.8 Å². The monoisotopic (exact) mass is 541 g/mol. The molecule has 0 spiro atoms. The van der Waals surface area contributed by atoms with Crippen molar-refractivity contribution in [1.29, 1.82) is 0 Å². The molecule has 0 saturated carbocycles. The first-order valence-corrected chi connectivity index (χ1v) is 10.5. The number of anilines is 2. The van der Waals surface area contributed by atoms with Gasteiger partial charge in [-0.1, -0.05) is 29.7 Å². The van der Waals surface area contributed by atoms with Gasteiger partial charge < -0.3 is 10.6 Å². The van der Waals surface area contributed by atoms with Crippen molar-refractivity contribution in [2.75, 3.05) is 10.6 Å². The summed E-state index contributed by atoms with van der Waals surface area (Å²) in [6, 6.07) is 8.11. The van der Waals surface area contributed by atoms with E-state index in [4.69, 9.17) is 11.6 Å². The Morgan fingerprint density at radius 2 is 1.70 bits per heavy atom. The van der Waals surface area contributed by atoms with Gasteiger partial charge in [-0.2, -0.15) is 13.2 Å². The second-order valence-corrected chi connectivity index (χ2v) is 7.67. The zero-order valence-corrected chi connectivity index (χ0v) is 19.0. The van der Waals surface area contributed by atoms with Crippen LogP contribution in [-0.2, 0) is 9.59 Å². The Kier molecular flexibility index (Phi) is 8.67. The van der Waals surface area contributed by atoms with Gasteiger partial charge in [-0.05, 0) is 35.7 Å². The molecule has 0 aliphatic heterocycles. The van der Waals surface area contributed by atoms with E-state index in [1.807, 2.05) is 0 Å². The minimum Gasteiger partial charge on any atom is -0.316 e. The van der Waals surface area contributed by atoms with Crippen LogP contribution in [0.5, 0.6) is 0 Å². The van der Waals surface area contributed by atoms with Crippen molar-refractivity contribution in [3.63, 3.8) is 0 Å². The molecule has 0 unspecified atom stereocenters. The summed E-state index contributed by atoms with van der Waals surface area (Å²) in [6.07, 6.45) is -7.58. The molecule has 0 aliphatic carbocycles. The summed E-state index contributed by atoms with van der Waals surface area (Å²) >= 11 is 5.64. The maximum Gasteiger partial charge on any atom is 0.471 e. The molecule has 7 nitrogen and oxygen atoms in total. The molecule has 1 aromatic carbocycles. The van der Waals surface area contributed by atoms with Crippen molar-refractivity contribution in [3.8, 4) is 11.8 Å². The van der Waals surface area contributed by atoms with Crippen LogP contribution in [0.4, 0.5) is 37.8 Å². The normalized spacial score (nSPS) is 11.9. The summed E-state index contributed by atoms with van der Waals surface area (Å²) in [7, 11) is 0. The third-order valence-electron chi connectivity index (χ3n) is 4.61. The van der Waals surface area contributed by atoms with Crippen molar-refractivity contribution in [3.05, 3.63) is 76.5 Å². The van der Waals surface area contributed by atoms with Crippen LogP contribution in [0.25, 0.3) is 0 Å². The lowest BCUT2D eigenvalue weighted by Crippen LogP contribution is -2.30. The second kappa shape index (κ2) is 11.7. The predicted octanol–water partition coefficient (Wildman–Crippen LogP) is 4.94. The number of amides is 2. The van der Waals surface area contributed by atoms with E-state index in [2.05, 4.69) is 32.3 Å². The number of carbonyl (C=O) groups excluding carboxylic acids is 2. The largest absolute Gasteiger partial charge is 0.471 e. The van der Waals surface area contributed by atoms with Gasteiger partial charge in [-0.3, -0.25) is 9.59 Å². The topological polar surface area (TPSA) is 96.9 Å². The van der Waals surface area contributed by atoms with E-state index in [0.29, 0.717) is 0 Å². The van der Waals surface area contributed by atoms with Crippen LogP contribution in [0.3, 0.4) is 0 Å². The van der Waals surface area contributed by atoms with Crippen molar-refractivity contribution >= 4 is 34.9 Å². The quantitative estimate of drug-likeness (QED) is 0.340. The first-order chi connectivity index (χ1) is 17.4. The summed E-state index contributed by atoms with van der Waals surface area (Å²) < 4.78 is 77.2. The zero-order valence-electron chi connectivity index (χ0n) is 18.3. The van der Waals surface area contributed by atoms with Crippen LogP contribution in [0.2, 0.25) is 5.15 Å². The van der Waals surface area contributed by atoms with E-state index < -0.39 is 48.3 Å². The van der Waals surface area contributed by atoms with Gasteiger partial charge >= 0.3 is 12.1 Å². The third kappa shape index (κ3) is 7.91. The summed E-state index contributed by atoms with van der Waals surface area (Å²) in [5.74, 6) is -0.0656. The summed E-state index contributed by atoms with van der Waals surface area (Å²) in [6.45, 7) is 0. The molecule has 1 atom stereocenters. The lowest BCUT2D eigenvalue weighted by Gasteiger charge is -2.16. The third-order valence-corrected chi connectivity index (χ3v) is 4.79. The lowest BCUT2D eigenvalue weighted by atomic mass is 9.95. The zero-order chi connectivity index (χ0) is 27.2. The first-order valence-electron chi connectivity index (χ1n) is 10.2. The minimum absolute atomic E-state index is 0.0639. The number of nitrogens with one attached hydrogen (secondary N) is 2. The van der Waals surface area contributed by atoms with E-state index >= 15 is 0 Å². The van der Waals surface area contributed by atoms with Gasteiger partial charge in [-0.15, -0.1) is 10.2 Å². The van der Waals surface area contributed by atoms with E-state index in [9.17, 15) is 35.9 Å². The second-order valence-electron chi connectivity index (χ2n) is 7.28. The number of carbonyl (C=O) groups is 2. The molecule has 2 aromatic heterocycles. The number of hydrogen-bond donors (Lipinski definition) is 2. The number of hydrogen-bond acceptors (Lipinski definition) is 5. The number of alkyl halides is 5. The van der Waals surface area contributed by atoms with Gasteiger partial charge in [0.1, 0.15) is 11.6 Å². The molecule has 0 radical (unpaired) electrons. The fourth-order valence-corrected chi connectivity index (χ4v) is 3.08. The van der Waals surface area contributed by atoms with Gasteiger partial charge in [0.25, 0.3) is 0 Å². The van der Waals surface area contributed by atoms with E-state index in [0.717, 1.165) is 18.2 Å². The molecule has 2 heterocycles. The molecule has 37 heavy (non-hydrogen) atoms. The number of rotatable bonds is 6. The smallest absolute Gasteiger partial charge is 0.316 e. The van der Waals surface area contributed by atoms with Crippen molar-refractivity contribution < 1.29 is 35.9 Å². The summed E-state index contributed by atoms with van der Waals surface area (Å²) in [5.41, 5.74) is -0.406. The fraction of sp³-hybridized carbons (Fsp3) is 0.174. The molecule has 2 N–H and O–H groups in total. The van der Waals surface area contributed by atoms with Gasteiger partial charge in [-0.25, -0.2) is 18.2 Å². The molecule has 192 valence electrons. The van der Waals surface area contributed by atoms with Gasteiger partial charge in [0.2, 0.25) is 12.3 Å². The van der Waals surface area contributed by atoms with Crippen LogP contribution < -0.4 is 10.6 Å². The van der Waals surface area contributed by atoms with E-state index in [-0.39, 0.29) is 27.8 Å². The Morgan fingerprint density at radius 3 is 2.35 bits per heavy atom. The Morgan fingerprint density at radius 1 is 1.00 bits per heavy atom. The van der Waals surface area contributed by atoms with Crippen LogP contribution in [-0.4, -0.2) is 39.6 Å². The molecular weight excluding hydrogens is 528 g/mol. The molecule has 2 amide bonds. The maximum absolute atomic E-state index is 13.2. The number of benzene rings is 1. The SMILES string of the molecule is O=C(Nc1cc(C#Cc2nnc(Cl)cc2NC(=O)C(F)(F)F)ccn1)[C@H](CC(F)F)c1ccc(F)cc1. The van der Waals surface area contributed by atoms with Gasteiger partial charge in [0, 0.05) is 24.2 Å². The van der Waals surface area contributed by atoms with Crippen molar-refractivity contribution in [2.24, 2.45) is 0 Å². The fourth-order valence-electron chi connectivity index (χ4n) is 2.94. The Bertz CT molecular complexity index is 1360. The molecule has 14 heteroatoms. The average molecular weight is 542 g/mol. The number of pyridine rings is 1. The van der Waals surface area contributed by atoms with E-state index in [1.54, 1.807) is 5.32 Å². The number of aromatic nitrogens is 3. The molecule has 3 rings (SSSR count). The summed E-state index contributed by atoms with van der Waals surface area (Å²) in [4.78, 5) is 27.9. The lowest BCUT2D eigenvalue weighted by molar-refractivity contribution is -0.167. The highest BCUT2D eigenvalue weighted by Crippen LogP contribution is 2.26. The molecule has 0 aliphatic rings. The van der Waals surface area contributed by atoms with Crippen LogP contribution >= 0.6 is 11.6 Å². The molecule has 0 fully saturated rings. The van der Waals surface area contributed by atoms with E-state index in [1.165, 1.54) is 30.5 Å². The number of halogens is 7.